The number of aryl methyl sites for hydroxylation is 1. The van der Waals surface area contributed by atoms with E-state index in [1.54, 1.807) is 0 Å². The van der Waals surface area contributed by atoms with E-state index in [2.05, 4.69) is 101 Å². The molecule has 0 bridgehead atoms. The van der Waals surface area contributed by atoms with Crippen molar-refractivity contribution in [1.29, 1.82) is 0 Å². The molecule has 0 saturated heterocycles. The second-order valence-electron chi connectivity index (χ2n) is 8.12. The van der Waals surface area contributed by atoms with Crippen molar-refractivity contribution in [3.05, 3.63) is 113 Å². The first kappa shape index (κ1) is 26.4. The summed E-state index contributed by atoms with van der Waals surface area (Å²) in [6.07, 6.45) is 16.4. The highest BCUT2D eigenvalue weighted by molar-refractivity contribution is 5.81. The lowest BCUT2D eigenvalue weighted by atomic mass is 9.89. The molecule has 2 rings (SSSR count). The summed E-state index contributed by atoms with van der Waals surface area (Å²) in [5, 5.41) is 0. The lowest BCUT2D eigenvalue weighted by molar-refractivity contribution is 0.561. The van der Waals surface area contributed by atoms with E-state index < -0.39 is 0 Å². The Kier molecular flexibility index (Phi) is 12.3. The Morgan fingerprint density at radius 2 is 1.58 bits per heavy atom. The van der Waals surface area contributed by atoms with Gasteiger partial charge in [-0.1, -0.05) is 120 Å². The van der Waals surface area contributed by atoms with Gasteiger partial charge in [0.05, 0.1) is 0 Å². The molecule has 0 nitrogen and oxygen atoms in total. The molecule has 0 aliphatic heterocycles. The van der Waals surface area contributed by atoms with Crippen molar-refractivity contribution in [2.24, 2.45) is 0 Å². The molecule has 2 aromatic carbocycles. The van der Waals surface area contributed by atoms with Crippen molar-refractivity contribution in [2.45, 2.75) is 73.1 Å². The van der Waals surface area contributed by atoms with Gasteiger partial charge in [0.1, 0.15) is 0 Å². The van der Waals surface area contributed by atoms with E-state index in [0.717, 1.165) is 6.42 Å². The van der Waals surface area contributed by atoms with Gasteiger partial charge in [0.15, 0.2) is 0 Å². The molecule has 0 aromatic heterocycles. The molecule has 0 fully saturated rings. The summed E-state index contributed by atoms with van der Waals surface area (Å²) in [6, 6.07) is 17.9. The number of hydrogen-bond donors (Lipinski definition) is 0. The van der Waals surface area contributed by atoms with Crippen molar-refractivity contribution >= 4 is 5.57 Å². The third-order valence-corrected chi connectivity index (χ3v) is 5.74. The van der Waals surface area contributed by atoms with Crippen molar-refractivity contribution in [3.8, 4) is 0 Å². The van der Waals surface area contributed by atoms with E-state index in [4.69, 9.17) is 0 Å². The highest BCUT2D eigenvalue weighted by atomic mass is 14.1. The van der Waals surface area contributed by atoms with Gasteiger partial charge in [0.2, 0.25) is 0 Å². The van der Waals surface area contributed by atoms with Crippen LogP contribution in [0.5, 0.6) is 0 Å². The molecule has 0 aliphatic carbocycles. The molecule has 0 saturated carbocycles. The average Bonchev–Trinajstić information content (AvgIpc) is 2.76. The first-order valence-electron chi connectivity index (χ1n) is 11.4. The second kappa shape index (κ2) is 14.4. The van der Waals surface area contributed by atoms with E-state index in [9.17, 15) is 0 Å². The first-order chi connectivity index (χ1) is 14.6. The Bertz CT molecular complexity index is 869. The van der Waals surface area contributed by atoms with Gasteiger partial charge in [-0.2, -0.15) is 0 Å². The van der Waals surface area contributed by atoms with Gasteiger partial charge < -0.3 is 0 Å². The minimum absolute atomic E-state index is 0. The molecule has 0 unspecified atom stereocenters. The van der Waals surface area contributed by atoms with Crippen molar-refractivity contribution in [2.75, 3.05) is 0 Å². The summed E-state index contributed by atoms with van der Waals surface area (Å²) in [4.78, 5) is 0. The zero-order valence-electron chi connectivity index (χ0n) is 19.3. The molecule has 0 N–H and O–H groups in total. The molecule has 0 atom stereocenters. The van der Waals surface area contributed by atoms with Crippen LogP contribution in [-0.2, 0) is 6.42 Å². The predicted molar refractivity (Wildman–Crippen MR) is 142 cm³/mol. The molecule has 0 heteroatoms. The highest BCUT2D eigenvalue weighted by Crippen LogP contribution is 2.28. The molecule has 0 aliphatic rings. The molecule has 31 heavy (non-hydrogen) atoms. The van der Waals surface area contributed by atoms with Gasteiger partial charge in [-0.05, 0) is 72.4 Å². The van der Waals surface area contributed by atoms with Crippen LogP contribution in [0.2, 0.25) is 0 Å². The SMILES string of the molecule is C.C=C/C=C/C=C(\C(C)=C/Cc1ccc(C(CCC)CCC)cc1)c1ccccc1C. The van der Waals surface area contributed by atoms with Crippen LogP contribution in [0.25, 0.3) is 5.57 Å². The highest BCUT2D eigenvalue weighted by Gasteiger charge is 2.10. The van der Waals surface area contributed by atoms with E-state index in [0.29, 0.717) is 5.92 Å². The molecular formula is C31H42. The van der Waals surface area contributed by atoms with Crippen LogP contribution < -0.4 is 0 Å². The van der Waals surface area contributed by atoms with Crippen LogP contribution in [0, 0.1) is 6.92 Å². The Balaban J connectivity index is 0.00000480. The van der Waals surface area contributed by atoms with Crippen LogP contribution in [0.1, 0.15) is 82.1 Å². The van der Waals surface area contributed by atoms with E-state index in [-0.39, 0.29) is 7.43 Å². The van der Waals surface area contributed by atoms with Crippen LogP contribution in [0.3, 0.4) is 0 Å². The number of rotatable bonds is 11. The first-order valence-corrected chi connectivity index (χ1v) is 11.4. The maximum atomic E-state index is 3.78. The predicted octanol–water partition coefficient (Wildman–Crippen LogP) is 9.63. The lowest BCUT2D eigenvalue weighted by Crippen LogP contribution is -1.98. The fourth-order valence-corrected chi connectivity index (χ4v) is 4.02. The third-order valence-electron chi connectivity index (χ3n) is 5.74. The summed E-state index contributed by atoms with van der Waals surface area (Å²) in [6.45, 7) is 12.7. The number of hydrogen-bond acceptors (Lipinski definition) is 0. The summed E-state index contributed by atoms with van der Waals surface area (Å²) in [5.74, 6) is 0.707. The van der Waals surface area contributed by atoms with Gasteiger partial charge in [-0.15, -0.1) is 0 Å². The Morgan fingerprint density at radius 1 is 0.935 bits per heavy atom. The Labute approximate surface area is 192 Å². The van der Waals surface area contributed by atoms with Gasteiger partial charge >= 0.3 is 0 Å². The summed E-state index contributed by atoms with van der Waals surface area (Å²) in [7, 11) is 0. The average molecular weight is 415 g/mol. The third kappa shape index (κ3) is 8.21. The van der Waals surface area contributed by atoms with Gasteiger partial charge in [-0.25, -0.2) is 0 Å². The van der Waals surface area contributed by atoms with Gasteiger partial charge in [0, 0.05) is 0 Å². The number of benzene rings is 2. The summed E-state index contributed by atoms with van der Waals surface area (Å²) >= 11 is 0. The van der Waals surface area contributed by atoms with E-state index in [1.165, 1.54) is 59.1 Å². The van der Waals surface area contributed by atoms with E-state index in [1.807, 2.05) is 12.2 Å². The quantitative estimate of drug-likeness (QED) is 0.321. The van der Waals surface area contributed by atoms with Crippen molar-refractivity contribution < 1.29 is 0 Å². The fourth-order valence-electron chi connectivity index (χ4n) is 4.02. The van der Waals surface area contributed by atoms with Crippen LogP contribution in [-0.4, -0.2) is 0 Å². The van der Waals surface area contributed by atoms with Gasteiger partial charge in [-0.3, -0.25) is 0 Å². The van der Waals surface area contributed by atoms with Crippen LogP contribution in [0.4, 0.5) is 0 Å². The Hall–Kier alpha value is -2.60. The molecule has 0 radical (unpaired) electrons. The standard InChI is InChI=1S/C30H38.CH4/c1-6-9-10-16-30(29-17-12-11-15-24(29)4)25(5)18-19-26-20-22-28(23-21-26)27(13-7-2)14-8-3;/h6,9-12,15-18,20-23,27H,1,7-8,13-14,19H2,2-5H3;1H4/b10-9+,25-18-,30-16+;. The normalized spacial score (nSPS) is 12.3. The topological polar surface area (TPSA) is 0 Å². The monoisotopic (exact) mass is 414 g/mol. The molecule has 0 amide bonds. The molecule has 0 spiro atoms. The smallest absolute Gasteiger partial charge is 0.00915 e. The zero-order chi connectivity index (χ0) is 21.8. The molecule has 2 aromatic rings. The second-order valence-corrected chi connectivity index (χ2v) is 8.12. The van der Waals surface area contributed by atoms with Crippen LogP contribution in [0.15, 0.2) is 91.1 Å². The minimum atomic E-state index is 0. The lowest BCUT2D eigenvalue weighted by Gasteiger charge is -2.16. The number of allylic oxidation sites excluding steroid dienone is 7. The van der Waals surface area contributed by atoms with Crippen LogP contribution >= 0.6 is 0 Å². The Morgan fingerprint density at radius 3 is 2.16 bits per heavy atom. The summed E-state index contributed by atoms with van der Waals surface area (Å²) in [5.41, 5.74) is 8.03. The minimum Gasteiger partial charge on any atom is -0.0991 e. The molecular weight excluding hydrogens is 372 g/mol. The van der Waals surface area contributed by atoms with E-state index >= 15 is 0 Å². The maximum absolute atomic E-state index is 3.78. The molecule has 0 heterocycles. The maximum Gasteiger partial charge on any atom is -0.00915 e. The largest absolute Gasteiger partial charge is 0.0991 e. The van der Waals surface area contributed by atoms with Gasteiger partial charge in [0.25, 0.3) is 0 Å². The van der Waals surface area contributed by atoms with Crippen molar-refractivity contribution in [1.82, 2.24) is 0 Å². The zero-order valence-corrected chi connectivity index (χ0v) is 19.3. The fraction of sp³-hybridized carbons (Fsp3) is 0.355. The molecule has 166 valence electrons. The summed E-state index contributed by atoms with van der Waals surface area (Å²) < 4.78 is 0. The van der Waals surface area contributed by atoms with Crippen molar-refractivity contribution in [3.63, 3.8) is 0 Å².